The fourth-order valence-electron chi connectivity index (χ4n) is 1.40. The number of rotatable bonds is 1. The van der Waals surface area contributed by atoms with Crippen LogP contribution in [0.1, 0.15) is 31.9 Å². The Morgan fingerprint density at radius 2 is 2.00 bits per heavy atom. The number of aliphatic imine (C=N–C) groups is 1. The van der Waals surface area contributed by atoms with E-state index in [0.29, 0.717) is 10.9 Å². The Bertz CT molecular complexity index is 405. The molecule has 0 atom stereocenters. The lowest BCUT2D eigenvalue weighted by Crippen LogP contribution is -2.34. The maximum Gasteiger partial charge on any atom is 0.143 e. The van der Waals surface area contributed by atoms with Gasteiger partial charge in [0.25, 0.3) is 0 Å². The van der Waals surface area contributed by atoms with Crippen molar-refractivity contribution in [3.63, 3.8) is 0 Å². The van der Waals surface area contributed by atoms with Gasteiger partial charge in [-0.3, -0.25) is 4.99 Å². The van der Waals surface area contributed by atoms with Gasteiger partial charge in [-0.05, 0) is 51.5 Å². The molecule has 0 amide bonds. The summed E-state index contributed by atoms with van der Waals surface area (Å²) in [6, 6.07) is 5.65. The maximum absolute atomic E-state index is 5.91. The van der Waals surface area contributed by atoms with Crippen LogP contribution >= 0.6 is 11.6 Å². The molecule has 1 aromatic rings. The van der Waals surface area contributed by atoms with Gasteiger partial charge in [0.2, 0.25) is 0 Å². The second-order valence-electron chi connectivity index (χ2n) is 4.73. The van der Waals surface area contributed by atoms with Gasteiger partial charge in [-0.15, -0.1) is 0 Å². The smallest absolute Gasteiger partial charge is 0.143 e. The molecule has 3 nitrogen and oxygen atoms in total. The van der Waals surface area contributed by atoms with E-state index in [1.165, 1.54) is 0 Å². The Balaban J connectivity index is 3.19. The van der Waals surface area contributed by atoms with E-state index in [0.717, 1.165) is 11.1 Å². The van der Waals surface area contributed by atoms with Crippen LogP contribution in [0.4, 0.5) is 0 Å². The molecule has 0 heterocycles. The summed E-state index contributed by atoms with van der Waals surface area (Å²) >= 11 is 5.91. The summed E-state index contributed by atoms with van der Waals surface area (Å²) in [6.45, 7) is 8.05. The molecule has 0 aliphatic heterocycles. The predicted octanol–water partition coefficient (Wildman–Crippen LogP) is 2.66. The van der Waals surface area contributed by atoms with Gasteiger partial charge in [0, 0.05) is 10.6 Å². The van der Waals surface area contributed by atoms with Crippen LogP contribution in [0.2, 0.25) is 5.02 Å². The molecule has 3 N–H and O–H groups in total. The zero-order valence-electron chi connectivity index (χ0n) is 10.1. The highest BCUT2D eigenvalue weighted by atomic mass is 35.5. The minimum Gasteiger partial charge on any atom is -0.308 e. The van der Waals surface area contributed by atoms with Crippen molar-refractivity contribution in [2.75, 3.05) is 0 Å². The third-order valence-electron chi connectivity index (χ3n) is 2.03. The zero-order chi connectivity index (χ0) is 12.3. The highest BCUT2D eigenvalue weighted by Gasteiger charge is 2.12. The van der Waals surface area contributed by atoms with Crippen LogP contribution < -0.4 is 11.3 Å². The fourth-order valence-corrected chi connectivity index (χ4v) is 1.63. The average Bonchev–Trinajstić information content (AvgIpc) is 2.13. The topological polar surface area (TPSA) is 50.4 Å². The van der Waals surface area contributed by atoms with Crippen molar-refractivity contribution >= 4 is 17.4 Å². The molecule has 0 spiro atoms. The molecule has 88 valence electrons. The molecule has 0 radical (unpaired) electrons. The van der Waals surface area contributed by atoms with E-state index in [1.54, 1.807) is 0 Å². The molecule has 0 aromatic heterocycles. The zero-order valence-corrected chi connectivity index (χ0v) is 10.9. The van der Waals surface area contributed by atoms with Crippen molar-refractivity contribution < 1.29 is 0 Å². The lowest BCUT2D eigenvalue weighted by atomic mass is 10.1. The quantitative estimate of drug-likeness (QED) is 0.343. The Morgan fingerprint density at radius 3 is 2.44 bits per heavy atom. The molecule has 0 aliphatic rings. The Hall–Kier alpha value is -1.06. The van der Waals surface area contributed by atoms with E-state index in [9.17, 15) is 0 Å². The summed E-state index contributed by atoms with van der Waals surface area (Å²) in [5, 5.41) is 0.716. The molecule has 0 aliphatic carbocycles. The van der Waals surface area contributed by atoms with Crippen LogP contribution in [-0.2, 0) is 0 Å². The highest BCUT2D eigenvalue weighted by Crippen LogP contribution is 2.17. The predicted molar refractivity (Wildman–Crippen MR) is 69.8 cm³/mol. The number of halogens is 1. The van der Waals surface area contributed by atoms with E-state index in [1.807, 2.05) is 45.9 Å². The van der Waals surface area contributed by atoms with E-state index < -0.39 is 0 Å². The first-order valence-corrected chi connectivity index (χ1v) is 5.54. The fraction of sp³-hybridized carbons (Fsp3) is 0.417. The molecule has 0 bridgehead atoms. The van der Waals surface area contributed by atoms with E-state index in [-0.39, 0.29) is 5.54 Å². The summed E-state index contributed by atoms with van der Waals surface area (Å²) in [7, 11) is 0. The maximum atomic E-state index is 5.91. The van der Waals surface area contributed by atoms with Gasteiger partial charge in [-0.2, -0.15) is 0 Å². The second-order valence-corrected chi connectivity index (χ2v) is 5.17. The van der Waals surface area contributed by atoms with E-state index in [2.05, 4.69) is 10.4 Å². The molecule has 16 heavy (non-hydrogen) atoms. The van der Waals surface area contributed by atoms with Crippen LogP contribution in [0.5, 0.6) is 0 Å². The summed E-state index contributed by atoms with van der Waals surface area (Å²) in [4.78, 5) is 4.53. The SMILES string of the molecule is Cc1cc(Cl)ccc1C(=NC(C)(C)C)NN. The number of nitrogens with zero attached hydrogens (tertiary/aromatic N) is 1. The molecule has 0 saturated heterocycles. The van der Waals surface area contributed by atoms with E-state index >= 15 is 0 Å². The Morgan fingerprint density at radius 1 is 1.38 bits per heavy atom. The summed E-state index contributed by atoms with van der Waals surface area (Å²) in [5.74, 6) is 6.19. The standard InChI is InChI=1S/C12H18ClN3/c1-8-7-9(13)5-6-10(8)11(16-14)15-12(2,3)4/h5-7H,14H2,1-4H3,(H,15,16). The van der Waals surface area contributed by atoms with E-state index in [4.69, 9.17) is 17.4 Å². The highest BCUT2D eigenvalue weighted by molar-refractivity contribution is 6.30. The van der Waals surface area contributed by atoms with Crippen molar-refractivity contribution in [1.29, 1.82) is 0 Å². The molecular formula is C12H18ClN3. The monoisotopic (exact) mass is 239 g/mol. The number of aryl methyl sites for hydroxylation is 1. The molecule has 0 unspecified atom stereocenters. The van der Waals surface area contributed by atoms with Gasteiger partial charge in [0.1, 0.15) is 5.84 Å². The largest absolute Gasteiger partial charge is 0.308 e. The number of nitrogens with one attached hydrogen (secondary N) is 1. The van der Waals surface area contributed by atoms with Crippen LogP contribution in [0.15, 0.2) is 23.2 Å². The lowest BCUT2D eigenvalue weighted by molar-refractivity contribution is 0.580. The molecule has 1 aromatic carbocycles. The first-order chi connectivity index (χ1) is 7.33. The van der Waals surface area contributed by atoms with Crippen LogP contribution in [0, 0.1) is 6.92 Å². The van der Waals surface area contributed by atoms with Crippen molar-refractivity contribution in [2.24, 2.45) is 10.8 Å². The summed E-state index contributed by atoms with van der Waals surface area (Å²) in [6.07, 6.45) is 0. The first kappa shape index (κ1) is 13.0. The number of hydrazine groups is 1. The van der Waals surface area contributed by atoms with Gasteiger partial charge < -0.3 is 5.43 Å². The van der Waals surface area contributed by atoms with Crippen molar-refractivity contribution in [1.82, 2.24) is 5.43 Å². The minimum atomic E-state index is -0.173. The molecular weight excluding hydrogens is 222 g/mol. The Labute approximate surface area is 102 Å². The van der Waals surface area contributed by atoms with Crippen molar-refractivity contribution in [2.45, 2.75) is 33.2 Å². The van der Waals surface area contributed by atoms with Gasteiger partial charge in [0.05, 0.1) is 5.54 Å². The van der Waals surface area contributed by atoms with Gasteiger partial charge in [-0.25, -0.2) is 5.84 Å². The number of amidine groups is 1. The summed E-state index contributed by atoms with van der Waals surface area (Å²) in [5.41, 5.74) is 4.49. The van der Waals surface area contributed by atoms with Crippen LogP contribution in [-0.4, -0.2) is 11.4 Å². The van der Waals surface area contributed by atoms with Gasteiger partial charge in [0.15, 0.2) is 0 Å². The average molecular weight is 240 g/mol. The van der Waals surface area contributed by atoms with Gasteiger partial charge >= 0.3 is 0 Å². The van der Waals surface area contributed by atoms with Gasteiger partial charge in [-0.1, -0.05) is 11.6 Å². The molecule has 0 saturated carbocycles. The first-order valence-electron chi connectivity index (χ1n) is 5.16. The summed E-state index contributed by atoms with van der Waals surface area (Å²) < 4.78 is 0. The third-order valence-corrected chi connectivity index (χ3v) is 2.26. The number of hydrogen-bond acceptors (Lipinski definition) is 2. The Kier molecular flexibility index (Phi) is 3.94. The normalized spacial score (nSPS) is 12.8. The van der Waals surface area contributed by atoms with Crippen molar-refractivity contribution in [3.8, 4) is 0 Å². The number of hydrogen-bond donors (Lipinski definition) is 2. The second kappa shape index (κ2) is 4.85. The molecule has 0 fully saturated rings. The molecule has 1 rings (SSSR count). The number of nitrogens with two attached hydrogens (primary N) is 1. The van der Waals surface area contributed by atoms with Crippen LogP contribution in [0.25, 0.3) is 0 Å². The van der Waals surface area contributed by atoms with Crippen molar-refractivity contribution in [3.05, 3.63) is 34.3 Å². The van der Waals surface area contributed by atoms with Crippen LogP contribution in [0.3, 0.4) is 0 Å². The third kappa shape index (κ3) is 3.51. The minimum absolute atomic E-state index is 0.173. The number of benzene rings is 1. The lowest BCUT2D eigenvalue weighted by Gasteiger charge is -2.17. The molecule has 4 heteroatoms.